The van der Waals surface area contributed by atoms with Crippen LogP contribution < -0.4 is 0 Å². The molecule has 0 aromatic carbocycles. The largest absolute Gasteiger partial charge is 0.483 e. The molecule has 0 unspecified atom stereocenters. The number of carbonyl (C=O) groups is 1. The van der Waals surface area contributed by atoms with Gasteiger partial charge in [0.2, 0.25) is 0 Å². The van der Waals surface area contributed by atoms with Gasteiger partial charge in [-0.05, 0) is 27.0 Å². The van der Waals surface area contributed by atoms with Crippen LogP contribution in [0, 0.1) is 19.8 Å². The van der Waals surface area contributed by atoms with Gasteiger partial charge in [0.1, 0.15) is 0 Å². The van der Waals surface area contributed by atoms with E-state index in [1.54, 1.807) is 0 Å². The van der Waals surface area contributed by atoms with E-state index in [0.717, 1.165) is 56.4 Å². The second kappa shape index (κ2) is 8.11. The molecule has 8 nitrogen and oxygen atoms in total. The van der Waals surface area contributed by atoms with Crippen molar-refractivity contribution in [1.29, 1.82) is 0 Å². The predicted octanol–water partition coefficient (Wildman–Crippen LogP) is 0.809. The van der Waals surface area contributed by atoms with E-state index in [2.05, 4.69) is 34.9 Å². The third-order valence-electron chi connectivity index (χ3n) is 5.06. The Labute approximate surface area is 153 Å². The van der Waals surface area contributed by atoms with Gasteiger partial charge in [-0.2, -0.15) is 5.10 Å². The second-order valence-electron chi connectivity index (χ2n) is 7.24. The number of rotatable bonds is 2. The van der Waals surface area contributed by atoms with Gasteiger partial charge in [0.25, 0.3) is 6.47 Å². The maximum absolute atomic E-state index is 8.36. The van der Waals surface area contributed by atoms with Crippen molar-refractivity contribution in [2.24, 2.45) is 5.92 Å². The van der Waals surface area contributed by atoms with Crippen molar-refractivity contribution in [3.05, 3.63) is 29.2 Å². The molecule has 0 radical (unpaired) electrons. The maximum atomic E-state index is 8.36. The molecule has 8 heteroatoms. The van der Waals surface area contributed by atoms with E-state index in [0.29, 0.717) is 12.0 Å². The third-order valence-corrected chi connectivity index (χ3v) is 5.06. The fourth-order valence-corrected chi connectivity index (χ4v) is 3.94. The number of aryl methyl sites for hydroxylation is 2. The molecular formula is C18H27N5O3. The van der Waals surface area contributed by atoms with E-state index in [1.165, 1.54) is 5.56 Å². The fourth-order valence-electron chi connectivity index (χ4n) is 3.94. The van der Waals surface area contributed by atoms with E-state index in [1.807, 2.05) is 17.6 Å². The van der Waals surface area contributed by atoms with Crippen molar-refractivity contribution in [2.75, 3.05) is 39.9 Å². The topological polar surface area (TPSA) is 83.2 Å². The molecular weight excluding hydrogens is 334 g/mol. The minimum atomic E-state index is -0.250. The summed E-state index contributed by atoms with van der Waals surface area (Å²) >= 11 is 0. The van der Waals surface area contributed by atoms with Crippen LogP contribution in [0.4, 0.5) is 0 Å². The molecule has 2 aromatic rings. The summed E-state index contributed by atoms with van der Waals surface area (Å²) in [7, 11) is 2.22. The standard InChI is InChI=1S/C17H25N5O.CH2O2/c1-12-4-13(2)22-17(19-12)15(5-18-22)8-21-7-14-6-20(3)16(9-21)11-23-10-14;2-1-3/h4-5,14,16H,6-11H2,1-3H3;1H,(H,2,3)/t14-,16+;/m1./s1. The summed E-state index contributed by atoms with van der Waals surface area (Å²) in [6.45, 7) is 9.79. The average molecular weight is 361 g/mol. The average Bonchev–Trinajstić information content (AvgIpc) is 2.78. The van der Waals surface area contributed by atoms with E-state index < -0.39 is 0 Å². The summed E-state index contributed by atoms with van der Waals surface area (Å²) in [5, 5.41) is 11.4. The van der Waals surface area contributed by atoms with Crippen LogP contribution in [0.1, 0.15) is 17.0 Å². The van der Waals surface area contributed by atoms with Crippen LogP contribution in [-0.4, -0.2) is 81.9 Å². The highest BCUT2D eigenvalue weighted by molar-refractivity contribution is 5.47. The lowest BCUT2D eigenvalue weighted by Crippen LogP contribution is -2.41. The SMILES string of the molecule is Cc1cc(C)n2ncc(CN3C[C@@H]4COC[C@H](C3)N(C)C4)c2n1.O=CO. The highest BCUT2D eigenvalue weighted by atomic mass is 16.5. The molecule has 2 aliphatic heterocycles. The van der Waals surface area contributed by atoms with Gasteiger partial charge in [-0.25, -0.2) is 9.50 Å². The van der Waals surface area contributed by atoms with Crippen LogP contribution in [0.15, 0.2) is 12.3 Å². The zero-order chi connectivity index (χ0) is 18.7. The Morgan fingerprint density at radius 3 is 2.85 bits per heavy atom. The molecule has 0 aliphatic carbocycles. The molecule has 0 spiro atoms. The molecule has 4 heterocycles. The van der Waals surface area contributed by atoms with Gasteiger partial charge >= 0.3 is 0 Å². The van der Waals surface area contributed by atoms with Gasteiger partial charge in [0.15, 0.2) is 5.65 Å². The van der Waals surface area contributed by atoms with Crippen LogP contribution in [-0.2, 0) is 16.1 Å². The monoisotopic (exact) mass is 361 g/mol. The van der Waals surface area contributed by atoms with Crippen molar-refractivity contribution in [3.8, 4) is 0 Å². The first kappa shape index (κ1) is 18.8. The van der Waals surface area contributed by atoms with Gasteiger partial charge in [-0.15, -0.1) is 0 Å². The summed E-state index contributed by atoms with van der Waals surface area (Å²) in [5.74, 6) is 0.589. The molecule has 142 valence electrons. The van der Waals surface area contributed by atoms with Crippen LogP contribution in [0.25, 0.3) is 5.65 Å². The zero-order valence-corrected chi connectivity index (χ0v) is 15.6. The summed E-state index contributed by atoms with van der Waals surface area (Å²) < 4.78 is 7.77. The number of ether oxygens (including phenoxy) is 1. The van der Waals surface area contributed by atoms with Crippen LogP contribution in [0.2, 0.25) is 0 Å². The van der Waals surface area contributed by atoms with Gasteiger partial charge in [-0.1, -0.05) is 0 Å². The van der Waals surface area contributed by atoms with Gasteiger partial charge in [0, 0.05) is 55.1 Å². The Morgan fingerprint density at radius 2 is 2.08 bits per heavy atom. The van der Waals surface area contributed by atoms with Crippen molar-refractivity contribution < 1.29 is 14.6 Å². The first-order valence-corrected chi connectivity index (χ1v) is 8.91. The summed E-state index contributed by atoms with van der Waals surface area (Å²) in [4.78, 5) is 18.1. The lowest BCUT2D eigenvalue weighted by atomic mass is 10.1. The zero-order valence-electron chi connectivity index (χ0n) is 15.6. The Hall–Kier alpha value is -2.03. The molecule has 1 N–H and O–H groups in total. The minimum absolute atomic E-state index is 0.250. The number of likely N-dealkylation sites (N-methyl/N-ethyl adjacent to an activating group) is 1. The first-order valence-electron chi connectivity index (χ1n) is 8.91. The lowest BCUT2D eigenvalue weighted by molar-refractivity contribution is -0.122. The molecule has 0 saturated carbocycles. The van der Waals surface area contributed by atoms with Crippen LogP contribution in [0.3, 0.4) is 0 Å². The molecule has 26 heavy (non-hydrogen) atoms. The Balaban J connectivity index is 0.000000613. The predicted molar refractivity (Wildman–Crippen MR) is 97.2 cm³/mol. The normalized spacial score (nSPS) is 24.0. The molecule has 2 aliphatic rings. The highest BCUT2D eigenvalue weighted by Gasteiger charge is 2.31. The number of nitrogens with zero attached hydrogens (tertiary/aromatic N) is 5. The van der Waals surface area contributed by atoms with Gasteiger partial charge < -0.3 is 9.84 Å². The van der Waals surface area contributed by atoms with Crippen molar-refractivity contribution in [3.63, 3.8) is 0 Å². The summed E-state index contributed by atoms with van der Waals surface area (Å²) in [6.07, 6.45) is 1.98. The molecule has 2 aromatic heterocycles. The summed E-state index contributed by atoms with van der Waals surface area (Å²) in [5.41, 5.74) is 4.42. The van der Waals surface area contributed by atoms with E-state index in [-0.39, 0.29) is 6.47 Å². The number of hydrogen-bond acceptors (Lipinski definition) is 6. The maximum Gasteiger partial charge on any atom is 0.290 e. The number of fused-ring (bicyclic) bond motifs is 4. The van der Waals surface area contributed by atoms with E-state index >= 15 is 0 Å². The Bertz CT molecular complexity index is 763. The minimum Gasteiger partial charge on any atom is -0.483 e. The first-order chi connectivity index (χ1) is 12.5. The molecule has 2 bridgehead atoms. The van der Waals surface area contributed by atoms with Crippen molar-refractivity contribution in [1.82, 2.24) is 24.4 Å². The highest BCUT2D eigenvalue weighted by Crippen LogP contribution is 2.21. The van der Waals surface area contributed by atoms with Crippen molar-refractivity contribution >= 4 is 12.1 Å². The van der Waals surface area contributed by atoms with Crippen molar-refractivity contribution in [2.45, 2.75) is 26.4 Å². The van der Waals surface area contributed by atoms with E-state index in [4.69, 9.17) is 19.6 Å². The quantitative estimate of drug-likeness (QED) is 0.793. The number of hydrogen-bond donors (Lipinski definition) is 1. The number of aromatic nitrogens is 3. The molecule has 2 atom stereocenters. The molecule has 2 saturated heterocycles. The fraction of sp³-hybridized carbons (Fsp3) is 0.611. The second-order valence-corrected chi connectivity index (χ2v) is 7.24. The van der Waals surface area contributed by atoms with Gasteiger partial charge in [-0.3, -0.25) is 14.6 Å². The van der Waals surface area contributed by atoms with E-state index in [9.17, 15) is 0 Å². The van der Waals surface area contributed by atoms with Crippen LogP contribution in [0.5, 0.6) is 0 Å². The molecule has 4 rings (SSSR count). The lowest BCUT2D eigenvalue weighted by Gasteiger charge is -2.29. The Kier molecular flexibility index (Phi) is 5.85. The summed E-state index contributed by atoms with van der Waals surface area (Å²) in [6, 6.07) is 2.56. The Morgan fingerprint density at radius 1 is 1.31 bits per heavy atom. The molecule has 0 amide bonds. The van der Waals surface area contributed by atoms with Gasteiger partial charge in [0.05, 0.1) is 19.4 Å². The molecule has 2 fully saturated rings. The third kappa shape index (κ3) is 4.03. The van der Waals surface area contributed by atoms with Crippen LogP contribution >= 0.6 is 0 Å². The number of carboxylic acid groups (broad SMARTS) is 1. The smallest absolute Gasteiger partial charge is 0.290 e.